The summed E-state index contributed by atoms with van der Waals surface area (Å²) in [7, 11) is 0. The quantitative estimate of drug-likeness (QED) is 0.765. The Kier molecular flexibility index (Phi) is 4.45. The maximum absolute atomic E-state index is 5.27. The van der Waals surface area contributed by atoms with Gasteiger partial charge in [-0.25, -0.2) is 0 Å². The summed E-state index contributed by atoms with van der Waals surface area (Å²) in [5, 5.41) is 0. The largest absolute Gasteiger partial charge is 0.305 e. The van der Waals surface area contributed by atoms with Gasteiger partial charge in [-0.05, 0) is 23.6 Å². The molecule has 0 saturated heterocycles. The first-order valence-corrected chi connectivity index (χ1v) is 7.99. The molecule has 0 saturated carbocycles. The molecule has 3 rings (SSSR count). The molecule has 1 aliphatic heterocycles. The predicted molar refractivity (Wildman–Crippen MR) is 97.2 cm³/mol. The molecule has 2 nitrogen and oxygen atoms in total. The van der Waals surface area contributed by atoms with Gasteiger partial charge in [-0.15, -0.1) is 0 Å². The van der Waals surface area contributed by atoms with E-state index < -0.39 is 0 Å². The highest BCUT2D eigenvalue weighted by Gasteiger charge is 2.37. The van der Waals surface area contributed by atoms with Gasteiger partial charge >= 0.3 is 5.84 Å². The second-order valence-corrected chi connectivity index (χ2v) is 5.39. The van der Waals surface area contributed by atoms with E-state index in [-0.39, 0.29) is 0 Å². The van der Waals surface area contributed by atoms with Gasteiger partial charge < -0.3 is 0 Å². The third kappa shape index (κ3) is 2.72. The van der Waals surface area contributed by atoms with E-state index in [0.29, 0.717) is 0 Å². The highest BCUT2D eigenvalue weighted by Crippen LogP contribution is 2.31. The molecule has 3 heteroatoms. The van der Waals surface area contributed by atoms with Gasteiger partial charge in [0.05, 0.1) is 6.42 Å². The lowest BCUT2D eigenvalue weighted by Crippen LogP contribution is -2.25. The number of nitrogens with zero attached hydrogens (tertiary/aromatic N) is 2. The molecule has 109 valence electrons. The molecule has 1 aliphatic rings. The molecule has 2 aromatic rings. The van der Waals surface area contributed by atoms with Crippen LogP contribution in [0.25, 0.3) is 11.4 Å². The first-order valence-electron chi connectivity index (χ1n) is 7.52. The molecular weight excluding hydrogens is 288 g/mol. The van der Waals surface area contributed by atoms with Crippen molar-refractivity contribution < 1.29 is 0 Å². The van der Waals surface area contributed by atoms with Crippen molar-refractivity contribution in [3.8, 4) is 0 Å². The van der Waals surface area contributed by atoms with E-state index in [1.165, 1.54) is 0 Å². The van der Waals surface area contributed by atoms with E-state index in [0.717, 1.165) is 41.2 Å². The number of rotatable bonds is 5. The average molecular weight is 306 g/mol. The van der Waals surface area contributed by atoms with Crippen molar-refractivity contribution in [3.05, 3.63) is 71.8 Å². The molecule has 0 atom stereocenters. The van der Waals surface area contributed by atoms with E-state index in [4.69, 9.17) is 17.2 Å². The number of thiocarbonyl (C=S) groups is 1. The zero-order valence-electron chi connectivity index (χ0n) is 12.6. The maximum Gasteiger partial charge on any atom is 0.305 e. The molecule has 0 bridgehead atoms. The maximum atomic E-state index is 5.27. The van der Waals surface area contributed by atoms with E-state index in [1.807, 2.05) is 36.4 Å². The van der Waals surface area contributed by atoms with Crippen LogP contribution in [0.3, 0.4) is 0 Å². The molecule has 1 radical (unpaired) electrons. The molecule has 1 heterocycles. The summed E-state index contributed by atoms with van der Waals surface area (Å²) in [6.07, 6.45) is 1.96. The molecule has 0 spiro atoms. The van der Waals surface area contributed by atoms with Gasteiger partial charge in [0.15, 0.2) is 11.2 Å². The van der Waals surface area contributed by atoms with Gasteiger partial charge in [-0.2, -0.15) is 4.90 Å². The van der Waals surface area contributed by atoms with Crippen LogP contribution in [-0.2, 0) is 0 Å². The number of hydrogen-bond acceptors (Lipinski definition) is 2. The van der Waals surface area contributed by atoms with Crippen LogP contribution >= 0.6 is 12.2 Å². The SMILES string of the molecule is CCCC1=[N+]C(c2ccccc2)=C(c2ccccc2)N1C=S. The van der Waals surface area contributed by atoms with Crippen molar-refractivity contribution in [1.29, 1.82) is 0 Å². The summed E-state index contributed by atoms with van der Waals surface area (Å²) in [4.78, 5) is 6.93. The molecule has 0 amide bonds. The third-order valence-corrected chi connectivity index (χ3v) is 3.87. The minimum Gasteiger partial charge on any atom is -0.185 e. The lowest BCUT2D eigenvalue weighted by Gasteiger charge is -2.10. The number of benzene rings is 2. The molecule has 0 N–H and O–H groups in total. The zero-order chi connectivity index (χ0) is 15.4. The molecule has 22 heavy (non-hydrogen) atoms. The fourth-order valence-corrected chi connectivity index (χ4v) is 2.89. The smallest absolute Gasteiger partial charge is 0.185 e. The van der Waals surface area contributed by atoms with Crippen LogP contribution in [-0.4, -0.2) is 16.2 Å². The second-order valence-electron chi connectivity index (χ2n) is 5.18. The Balaban J connectivity index is 2.17. The minimum absolute atomic E-state index is 0.916. The number of hydrogen-bond donors (Lipinski definition) is 0. The van der Waals surface area contributed by atoms with Gasteiger partial charge in [-0.3, -0.25) is 0 Å². The van der Waals surface area contributed by atoms with Crippen molar-refractivity contribution in [3.63, 3.8) is 0 Å². The highest BCUT2D eigenvalue weighted by atomic mass is 32.1. The molecule has 0 fully saturated rings. The summed E-state index contributed by atoms with van der Waals surface area (Å²) < 4.78 is 0. The standard InChI is InChI=1S/C19H18N2S/c1-2-9-17-20-18(15-10-5-3-6-11-15)19(21(17)14-22)16-12-7-4-8-13-16/h3-8,10-14H,2,9H2,1H3/q+1. The molecular formula is C19H18N2S+. The Morgan fingerprint density at radius 3 is 2.09 bits per heavy atom. The molecule has 2 aromatic carbocycles. The normalized spacial score (nSPS) is 14.2. The minimum atomic E-state index is 0.916. The van der Waals surface area contributed by atoms with Crippen molar-refractivity contribution in [2.24, 2.45) is 0 Å². The van der Waals surface area contributed by atoms with Crippen LogP contribution in [0.15, 0.2) is 60.7 Å². The van der Waals surface area contributed by atoms with Gasteiger partial charge in [0.2, 0.25) is 5.70 Å². The van der Waals surface area contributed by atoms with E-state index >= 15 is 0 Å². The first-order chi connectivity index (χ1) is 10.8. The van der Waals surface area contributed by atoms with Gasteiger partial charge in [-0.1, -0.05) is 67.6 Å². The average Bonchev–Trinajstić information content (AvgIpc) is 2.95. The summed E-state index contributed by atoms with van der Waals surface area (Å²) in [5.74, 6) is 1.02. The van der Waals surface area contributed by atoms with E-state index in [2.05, 4.69) is 36.1 Å². The lowest BCUT2D eigenvalue weighted by atomic mass is 10.1. The summed E-state index contributed by atoms with van der Waals surface area (Å²) >= 11 is 5.27. The Morgan fingerprint density at radius 2 is 1.55 bits per heavy atom. The zero-order valence-corrected chi connectivity index (χ0v) is 13.4. The summed E-state index contributed by atoms with van der Waals surface area (Å²) in [6.45, 7) is 2.16. The second kappa shape index (κ2) is 6.67. The summed E-state index contributed by atoms with van der Waals surface area (Å²) in [5.41, 5.74) is 6.03. The lowest BCUT2D eigenvalue weighted by molar-refractivity contribution is 0.842. The van der Waals surface area contributed by atoms with E-state index in [9.17, 15) is 0 Å². The topological polar surface area (TPSA) is 17.3 Å². The van der Waals surface area contributed by atoms with Crippen molar-refractivity contribution in [1.82, 2.24) is 9.89 Å². The number of amidine groups is 1. The number of aliphatic imine (C=N–C) groups is 1. The molecule has 0 aromatic heterocycles. The van der Waals surface area contributed by atoms with E-state index in [1.54, 1.807) is 5.49 Å². The van der Waals surface area contributed by atoms with Gasteiger partial charge in [0, 0.05) is 11.1 Å². The Morgan fingerprint density at radius 1 is 0.955 bits per heavy atom. The van der Waals surface area contributed by atoms with Crippen LogP contribution in [0, 0.1) is 0 Å². The van der Waals surface area contributed by atoms with Gasteiger partial charge in [0.1, 0.15) is 0 Å². The Labute approximate surface area is 136 Å². The van der Waals surface area contributed by atoms with Crippen LogP contribution in [0.5, 0.6) is 0 Å². The van der Waals surface area contributed by atoms with Crippen LogP contribution in [0.4, 0.5) is 0 Å². The first kappa shape index (κ1) is 14.7. The van der Waals surface area contributed by atoms with Crippen molar-refractivity contribution >= 4 is 34.9 Å². The predicted octanol–water partition coefficient (Wildman–Crippen LogP) is 4.32. The fourth-order valence-electron chi connectivity index (χ4n) is 2.66. The highest BCUT2D eigenvalue weighted by molar-refractivity contribution is 7.78. The fraction of sp³-hybridized carbons (Fsp3) is 0.158. The molecule has 0 aliphatic carbocycles. The Hall–Kier alpha value is -2.26. The van der Waals surface area contributed by atoms with Gasteiger partial charge in [0.25, 0.3) is 0 Å². The van der Waals surface area contributed by atoms with Crippen LogP contribution in [0.1, 0.15) is 30.9 Å². The van der Waals surface area contributed by atoms with Crippen LogP contribution in [0.2, 0.25) is 0 Å². The molecule has 0 unspecified atom stereocenters. The third-order valence-electron chi connectivity index (χ3n) is 3.66. The van der Waals surface area contributed by atoms with Crippen LogP contribution < -0.4 is 4.99 Å². The summed E-state index contributed by atoms with van der Waals surface area (Å²) in [6, 6.07) is 20.6. The Bertz CT molecular complexity index is 718. The van der Waals surface area contributed by atoms with Crippen molar-refractivity contribution in [2.45, 2.75) is 19.8 Å². The monoisotopic (exact) mass is 306 g/mol. The van der Waals surface area contributed by atoms with Crippen molar-refractivity contribution in [2.75, 3.05) is 0 Å².